The van der Waals surface area contributed by atoms with Crippen LogP contribution in [0.5, 0.6) is 5.75 Å². The molecule has 192 valence electrons. The van der Waals surface area contributed by atoms with E-state index in [1.54, 1.807) is 18.2 Å². The number of piperidine rings is 1. The van der Waals surface area contributed by atoms with E-state index in [2.05, 4.69) is 21.9 Å². The van der Waals surface area contributed by atoms with E-state index in [4.69, 9.17) is 5.73 Å². The number of likely N-dealkylation sites (tertiary alicyclic amines) is 2. The van der Waals surface area contributed by atoms with Crippen molar-refractivity contribution in [2.75, 3.05) is 19.6 Å². The standard InChI is InChI=1S/C31H35N3O3/c32-28(36)20-2-1-3-21(12-20)29(37)34-17-22-15-30-9-8-25(34)27(22)31(30)10-11-33(16-18-4-5-18)26(30)13-19-6-7-23(35)14-24(19)31/h1-3,6-7,12,14,18,22,25-27,35H,4-5,8-11,13,15-17H2,(H2,32,36)/t22-,25?,26?,27?,30?,31?/m1/s1. The molecule has 4 aliphatic carbocycles. The summed E-state index contributed by atoms with van der Waals surface area (Å²) < 4.78 is 0. The van der Waals surface area contributed by atoms with Gasteiger partial charge in [-0.15, -0.1) is 0 Å². The first-order chi connectivity index (χ1) is 17.9. The summed E-state index contributed by atoms with van der Waals surface area (Å²) in [5.41, 5.74) is 9.53. The van der Waals surface area contributed by atoms with Crippen molar-refractivity contribution >= 4 is 11.8 Å². The zero-order valence-corrected chi connectivity index (χ0v) is 21.2. The number of nitrogens with two attached hydrogens (primary N) is 1. The Labute approximate surface area is 217 Å². The summed E-state index contributed by atoms with van der Waals surface area (Å²) in [5, 5.41) is 10.6. The number of nitrogens with zero attached hydrogens (tertiary/aromatic N) is 2. The molecule has 5 fully saturated rings. The third-order valence-corrected chi connectivity index (χ3v) is 11.4. The topological polar surface area (TPSA) is 86.9 Å². The summed E-state index contributed by atoms with van der Waals surface area (Å²) in [6.07, 6.45) is 8.36. The maximum absolute atomic E-state index is 13.9. The predicted octanol–water partition coefficient (Wildman–Crippen LogP) is 3.71. The van der Waals surface area contributed by atoms with Crippen molar-refractivity contribution in [2.24, 2.45) is 28.9 Å². The monoisotopic (exact) mass is 497 g/mol. The van der Waals surface area contributed by atoms with Gasteiger partial charge in [-0.3, -0.25) is 14.5 Å². The van der Waals surface area contributed by atoms with Crippen LogP contribution in [-0.2, 0) is 11.8 Å². The Balaban J connectivity index is 1.22. The molecule has 3 saturated carbocycles. The Bertz CT molecular complexity index is 1340. The maximum Gasteiger partial charge on any atom is 0.254 e. The fraction of sp³-hybridized carbons (Fsp3) is 0.548. The lowest BCUT2D eigenvalue weighted by Gasteiger charge is -2.66. The van der Waals surface area contributed by atoms with Crippen LogP contribution in [0.3, 0.4) is 0 Å². The van der Waals surface area contributed by atoms with Crippen LogP contribution < -0.4 is 5.73 Å². The van der Waals surface area contributed by atoms with E-state index in [1.807, 2.05) is 12.1 Å². The Kier molecular flexibility index (Phi) is 4.41. The van der Waals surface area contributed by atoms with Crippen molar-refractivity contribution in [1.82, 2.24) is 9.80 Å². The number of hydrogen-bond acceptors (Lipinski definition) is 4. The van der Waals surface area contributed by atoms with E-state index in [0.717, 1.165) is 44.7 Å². The summed E-state index contributed by atoms with van der Waals surface area (Å²) in [4.78, 5) is 30.6. The average Bonchev–Trinajstić information content (AvgIpc) is 3.59. The Morgan fingerprint density at radius 2 is 1.89 bits per heavy atom. The molecule has 2 amide bonds. The number of amides is 2. The minimum atomic E-state index is -0.503. The average molecular weight is 498 g/mol. The van der Waals surface area contributed by atoms with Crippen molar-refractivity contribution in [1.29, 1.82) is 0 Å². The van der Waals surface area contributed by atoms with Gasteiger partial charge in [0.25, 0.3) is 5.91 Å². The van der Waals surface area contributed by atoms with Crippen LogP contribution in [-0.4, -0.2) is 58.4 Å². The molecule has 6 heteroatoms. The number of benzene rings is 2. The van der Waals surface area contributed by atoms with Gasteiger partial charge < -0.3 is 15.7 Å². The zero-order valence-electron chi connectivity index (χ0n) is 21.2. The minimum Gasteiger partial charge on any atom is -0.508 e. The summed E-state index contributed by atoms with van der Waals surface area (Å²) in [6.45, 7) is 3.17. The molecule has 37 heavy (non-hydrogen) atoms. The highest BCUT2D eigenvalue weighted by molar-refractivity contribution is 5.99. The van der Waals surface area contributed by atoms with Crippen molar-refractivity contribution in [3.63, 3.8) is 0 Å². The van der Waals surface area contributed by atoms with Crippen LogP contribution in [0.25, 0.3) is 0 Å². The van der Waals surface area contributed by atoms with E-state index in [9.17, 15) is 14.7 Å². The van der Waals surface area contributed by atoms with Crippen molar-refractivity contribution in [3.05, 3.63) is 64.7 Å². The van der Waals surface area contributed by atoms with Crippen molar-refractivity contribution in [2.45, 2.75) is 62.4 Å². The molecule has 6 aliphatic rings. The number of rotatable bonds is 4. The molecule has 6 nitrogen and oxygen atoms in total. The fourth-order valence-corrected chi connectivity index (χ4v) is 10.1. The van der Waals surface area contributed by atoms with Gasteiger partial charge >= 0.3 is 0 Å². The summed E-state index contributed by atoms with van der Waals surface area (Å²) in [5.74, 6) is 1.68. The SMILES string of the molecule is NC(=O)c1cccc(C(=O)N2C[C@H]3CC45CCC2C3C42CCN(CC3CC3)C5Cc3ccc(O)cc32)c1. The number of primary amides is 1. The molecule has 4 bridgehead atoms. The van der Waals surface area contributed by atoms with Gasteiger partial charge in [0.2, 0.25) is 5.91 Å². The number of carbonyl (C=O) groups excluding carboxylic acids is 2. The molecule has 3 N–H and O–H groups in total. The lowest BCUT2D eigenvalue weighted by Crippen LogP contribution is -2.69. The second kappa shape index (κ2) is 7.37. The molecule has 8 rings (SSSR count). The lowest BCUT2D eigenvalue weighted by atomic mass is 9.43. The summed E-state index contributed by atoms with van der Waals surface area (Å²) in [7, 11) is 0. The lowest BCUT2D eigenvalue weighted by molar-refractivity contribution is -0.102. The minimum absolute atomic E-state index is 0.0288. The first kappa shape index (κ1) is 22.2. The number of phenolic OH excluding ortho intramolecular Hbond substituents is 1. The Hall–Kier alpha value is -2.86. The molecule has 2 aromatic carbocycles. The van der Waals surface area contributed by atoms with Gasteiger partial charge in [-0.25, -0.2) is 0 Å². The number of hydrogen-bond donors (Lipinski definition) is 2. The van der Waals surface area contributed by atoms with Crippen molar-refractivity contribution in [3.8, 4) is 5.75 Å². The Morgan fingerprint density at radius 3 is 2.70 bits per heavy atom. The van der Waals surface area contributed by atoms with E-state index in [-0.39, 0.29) is 22.8 Å². The molecule has 2 heterocycles. The molecule has 2 saturated heterocycles. The van der Waals surface area contributed by atoms with Crippen LogP contribution in [0.15, 0.2) is 42.5 Å². The first-order valence-corrected chi connectivity index (χ1v) is 14.2. The molecular weight excluding hydrogens is 462 g/mol. The molecule has 2 aromatic rings. The van der Waals surface area contributed by atoms with Crippen LogP contribution in [0.1, 0.15) is 70.4 Å². The normalized spacial score (nSPS) is 37.2. The maximum atomic E-state index is 13.9. The van der Waals surface area contributed by atoms with Gasteiger partial charge in [-0.2, -0.15) is 0 Å². The predicted molar refractivity (Wildman–Crippen MR) is 139 cm³/mol. The third kappa shape index (κ3) is 2.80. The van der Waals surface area contributed by atoms with Gasteiger partial charge in [0.05, 0.1) is 0 Å². The van der Waals surface area contributed by atoms with Crippen LogP contribution in [0, 0.1) is 23.2 Å². The second-order valence-corrected chi connectivity index (χ2v) is 12.9. The Morgan fingerprint density at radius 1 is 1.05 bits per heavy atom. The number of fused-ring (bicyclic) bond motifs is 1. The van der Waals surface area contributed by atoms with Crippen LogP contribution in [0.4, 0.5) is 0 Å². The summed E-state index contributed by atoms with van der Waals surface area (Å²) >= 11 is 0. The van der Waals surface area contributed by atoms with E-state index in [0.29, 0.717) is 34.8 Å². The zero-order chi connectivity index (χ0) is 25.1. The molecule has 2 aliphatic heterocycles. The highest BCUT2D eigenvalue weighted by Crippen LogP contribution is 2.75. The van der Waals surface area contributed by atoms with Crippen LogP contribution in [0.2, 0.25) is 0 Å². The largest absolute Gasteiger partial charge is 0.508 e. The highest BCUT2D eigenvalue weighted by Gasteiger charge is 2.76. The molecular formula is C31H35N3O3. The van der Waals surface area contributed by atoms with Gasteiger partial charge in [-0.05, 0) is 116 Å². The van der Waals surface area contributed by atoms with E-state index in [1.165, 1.54) is 36.9 Å². The first-order valence-electron chi connectivity index (χ1n) is 14.2. The third-order valence-electron chi connectivity index (χ3n) is 11.4. The van der Waals surface area contributed by atoms with Crippen LogP contribution >= 0.6 is 0 Å². The van der Waals surface area contributed by atoms with Gasteiger partial charge in [0.1, 0.15) is 5.75 Å². The van der Waals surface area contributed by atoms with Gasteiger partial charge in [0.15, 0.2) is 0 Å². The number of phenols is 1. The van der Waals surface area contributed by atoms with Gasteiger partial charge in [0, 0.05) is 41.7 Å². The molecule has 0 radical (unpaired) electrons. The van der Waals surface area contributed by atoms with E-state index >= 15 is 0 Å². The molecule has 0 spiro atoms. The number of aromatic hydroxyl groups is 1. The smallest absolute Gasteiger partial charge is 0.254 e. The quantitative estimate of drug-likeness (QED) is 0.674. The van der Waals surface area contributed by atoms with Gasteiger partial charge in [-0.1, -0.05) is 12.1 Å². The fourth-order valence-electron chi connectivity index (χ4n) is 10.1. The second-order valence-electron chi connectivity index (χ2n) is 12.9. The molecule has 5 unspecified atom stereocenters. The van der Waals surface area contributed by atoms with E-state index < -0.39 is 5.91 Å². The molecule has 6 atom stereocenters. The van der Waals surface area contributed by atoms with Crippen molar-refractivity contribution < 1.29 is 14.7 Å². The molecule has 0 aromatic heterocycles. The number of carbonyl (C=O) groups is 2. The highest BCUT2D eigenvalue weighted by atomic mass is 16.3. The summed E-state index contributed by atoms with van der Waals surface area (Å²) in [6, 6.07) is 13.8.